The highest BCUT2D eigenvalue weighted by molar-refractivity contribution is 4.91. The fourth-order valence-corrected chi connectivity index (χ4v) is 3.72. The van der Waals surface area contributed by atoms with Gasteiger partial charge in [-0.25, -0.2) is 0 Å². The van der Waals surface area contributed by atoms with Gasteiger partial charge in [-0.2, -0.15) is 0 Å². The molecule has 0 heterocycles. The van der Waals surface area contributed by atoms with Crippen molar-refractivity contribution in [3.8, 4) is 0 Å². The van der Waals surface area contributed by atoms with E-state index in [1.165, 1.54) is 19.3 Å². The predicted octanol–water partition coefficient (Wildman–Crippen LogP) is 2.56. The summed E-state index contributed by atoms with van der Waals surface area (Å²) in [7, 11) is 0. The van der Waals surface area contributed by atoms with Crippen LogP contribution in [0.15, 0.2) is 0 Å². The minimum absolute atomic E-state index is 0.0238. The van der Waals surface area contributed by atoms with Gasteiger partial charge >= 0.3 is 0 Å². The highest BCUT2D eigenvalue weighted by atomic mass is 16.3. The maximum atomic E-state index is 9.50. The molecule has 4 atom stereocenters. The van der Waals surface area contributed by atoms with Crippen LogP contribution in [0.2, 0.25) is 0 Å². The molecule has 2 nitrogen and oxygen atoms in total. The first-order valence-corrected chi connectivity index (χ1v) is 6.88. The smallest absolute Gasteiger partial charge is 0.0543 e. The van der Waals surface area contributed by atoms with Crippen molar-refractivity contribution in [1.82, 2.24) is 5.32 Å². The Morgan fingerprint density at radius 1 is 1.25 bits per heavy atom. The van der Waals surface area contributed by atoms with E-state index in [2.05, 4.69) is 26.1 Å². The fourth-order valence-electron chi connectivity index (χ4n) is 3.72. The number of nitrogens with one attached hydrogen (secondary N) is 1. The van der Waals surface area contributed by atoms with Gasteiger partial charge in [-0.15, -0.1) is 0 Å². The first-order chi connectivity index (χ1) is 7.46. The second kappa shape index (κ2) is 4.66. The Hall–Kier alpha value is -0.0800. The van der Waals surface area contributed by atoms with Crippen LogP contribution >= 0.6 is 0 Å². The average Bonchev–Trinajstić information content (AvgIpc) is 2.67. The zero-order chi connectivity index (χ0) is 11.8. The summed E-state index contributed by atoms with van der Waals surface area (Å²) in [6, 6.07) is 0.702. The zero-order valence-electron chi connectivity index (χ0n) is 11.0. The fraction of sp³-hybridized carbons (Fsp3) is 1.00. The molecule has 0 spiro atoms. The molecule has 2 aliphatic rings. The Bertz CT molecular complexity index is 239. The molecular formula is C14H27NO. The summed E-state index contributed by atoms with van der Waals surface area (Å²) >= 11 is 0. The second-order valence-corrected chi connectivity index (χ2v) is 6.90. The van der Waals surface area contributed by atoms with E-state index in [9.17, 15) is 5.11 Å². The van der Waals surface area contributed by atoms with Gasteiger partial charge < -0.3 is 10.4 Å². The van der Waals surface area contributed by atoms with E-state index in [4.69, 9.17) is 0 Å². The van der Waals surface area contributed by atoms with E-state index >= 15 is 0 Å². The van der Waals surface area contributed by atoms with Crippen molar-refractivity contribution in [2.45, 2.75) is 65.0 Å². The minimum Gasteiger partial charge on any atom is -0.393 e. The van der Waals surface area contributed by atoms with E-state index < -0.39 is 0 Å². The lowest BCUT2D eigenvalue weighted by molar-refractivity contribution is 0.176. The molecule has 0 saturated heterocycles. The van der Waals surface area contributed by atoms with Crippen molar-refractivity contribution in [2.24, 2.45) is 17.3 Å². The van der Waals surface area contributed by atoms with Crippen LogP contribution in [0.4, 0.5) is 0 Å². The largest absolute Gasteiger partial charge is 0.393 e. The molecule has 2 aliphatic carbocycles. The van der Waals surface area contributed by atoms with Crippen LogP contribution in [0.5, 0.6) is 0 Å². The van der Waals surface area contributed by atoms with Crippen molar-refractivity contribution in [3.05, 3.63) is 0 Å². The van der Waals surface area contributed by atoms with Gasteiger partial charge in [0.2, 0.25) is 0 Å². The molecule has 16 heavy (non-hydrogen) atoms. The third-order valence-corrected chi connectivity index (χ3v) is 4.52. The summed E-state index contributed by atoms with van der Waals surface area (Å²) in [5.41, 5.74) is 0.520. The lowest BCUT2D eigenvalue weighted by atomic mass is 9.91. The van der Waals surface area contributed by atoms with Crippen LogP contribution < -0.4 is 5.32 Å². The molecule has 0 aromatic heterocycles. The van der Waals surface area contributed by atoms with Crippen LogP contribution in [0, 0.1) is 17.3 Å². The Labute approximate surface area is 99.8 Å². The van der Waals surface area contributed by atoms with E-state index in [0.29, 0.717) is 17.4 Å². The van der Waals surface area contributed by atoms with Crippen LogP contribution in [0.3, 0.4) is 0 Å². The van der Waals surface area contributed by atoms with Gasteiger partial charge in [-0.1, -0.05) is 20.8 Å². The highest BCUT2D eigenvalue weighted by Crippen LogP contribution is 2.41. The Kier molecular flexibility index (Phi) is 3.60. The molecule has 2 rings (SSSR count). The van der Waals surface area contributed by atoms with Gasteiger partial charge in [0.15, 0.2) is 0 Å². The standard InChI is InChI=1S/C14H27NO/c1-10-7-14(2,3)8-13(10)15-9-11-4-5-12(16)6-11/h10-13,15-16H,4-9H2,1-3H3/t10-,11+,12+,13+/m1/s1. The summed E-state index contributed by atoms with van der Waals surface area (Å²) < 4.78 is 0. The summed E-state index contributed by atoms with van der Waals surface area (Å²) in [6.45, 7) is 8.24. The Morgan fingerprint density at radius 3 is 2.50 bits per heavy atom. The van der Waals surface area contributed by atoms with E-state index in [1.807, 2.05) is 0 Å². The molecule has 0 unspecified atom stereocenters. The van der Waals surface area contributed by atoms with E-state index in [1.54, 1.807) is 0 Å². The highest BCUT2D eigenvalue weighted by Gasteiger charge is 2.36. The average molecular weight is 225 g/mol. The van der Waals surface area contributed by atoms with Gasteiger partial charge in [-0.05, 0) is 55.9 Å². The molecule has 2 N–H and O–H groups in total. The maximum Gasteiger partial charge on any atom is 0.0543 e. The molecule has 0 aliphatic heterocycles. The van der Waals surface area contributed by atoms with Gasteiger partial charge in [0.1, 0.15) is 0 Å². The summed E-state index contributed by atoms with van der Waals surface area (Å²) in [5, 5.41) is 13.2. The Balaban J connectivity index is 1.74. The number of hydrogen-bond donors (Lipinski definition) is 2. The van der Waals surface area contributed by atoms with Crippen molar-refractivity contribution in [2.75, 3.05) is 6.54 Å². The van der Waals surface area contributed by atoms with Crippen LogP contribution in [-0.2, 0) is 0 Å². The third-order valence-electron chi connectivity index (χ3n) is 4.52. The van der Waals surface area contributed by atoms with Gasteiger partial charge in [0, 0.05) is 6.04 Å². The zero-order valence-corrected chi connectivity index (χ0v) is 11.0. The molecule has 2 fully saturated rings. The first kappa shape index (κ1) is 12.4. The maximum absolute atomic E-state index is 9.50. The Morgan fingerprint density at radius 2 is 2.00 bits per heavy atom. The molecule has 0 radical (unpaired) electrons. The monoisotopic (exact) mass is 225 g/mol. The lowest BCUT2D eigenvalue weighted by Crippen LogP contribution is -2.35. The molecular weight excluding hydrogens is 198 g/mol. The third kappa shape index (κ3) is 2.98. The van der Waals surface area contributed by atoms with E-state index in [0.717, 1.165) is 25.3 Å². The molecule has 0 aromatic rings. The SMILES string of the molecule is C[C@@H]1CC(C)(C)C[C@@H]1NC[C@H]1CC[C@H](O)C1. The van der Waals surface area contributed by atoms with Gasteiger partial charge in [-0.3, -0.25) is 0 Å². The van der Waals surface area contributed by atoms with E-state index in [-0.39, 0.29) is 6.10 Å². The predicted molar refractivity (Wildman–Crippen MR) is 67.3 cm³/mol. The van der Waals surface area contributed by atoms with Crippen molar-refractivity contribution in [1.29, 1.82) is 0 Å². The van der Waals surface area contributed by atoms with Gasteiger partial charge in [0.25, 0.3) is 0 Å². The van der Waals surface area contributed by atoms with Crippen LogP contribution in [0.25, 0.3) is 0 Å². The molecule has 0 aromatic carbocycles. The molecule has 2 heteroatoms. The summed E-state index contributed by atoms with van der Waals surface area (Å²) in [5.74, 6) is 1.52. The molecule has 2 saturated carbocycles. The van der Waals surface area contributed by atoms with Crippen molar-refractivity contribution >= 4 is 0 Å². The van der Waals surface area contributed by atoms with Crippen molar-refractivity contribution < 1.29 is 5.11 Å². The van der Waals surface area contributed by atoms with Crippen LogP contribution in [-0.4, -0.2) is 23.8 Å². The normalized spacial score (nSPS) is 42.8. The molecule has 0 bridgehead atoms. The lowest BCUT2D eigenvalue weighted by Gasteiger charge is -2.20. The number of rotatable bonds is 3. The number of aliphatic hydroxyl groups is 1. The molecule has 0 amide bonds. The first-order valence-electron chi connectivity index (χ1n) is 6.88. The summed E-state index contributed by atoms with van der Waals surface area (Å²) in [4.78, 5) is 0. The number of hydrogen-bond acceptors (Lipinski definition) is 2. The second-order valence-electron chi connectivity index (χ2n) is 6.90. The minimum atomic E-state index is -0.0238. The topological polar surface area (TPSA) is 32.3 Å². The quantitative estimate of drug-likeness (QED) is 0.773. The van der Waals surface area contributed by atoms with Gasteiger partial charge in [0.05, 0.1) is 6.10 Å². The summed E-state index contributed by atoms with van der Waals surface area (Å²) in [6.07, 6.45) is 5.86. The number of aliphatic hydroxyl groups excluding tert-OH is 1. The molecule has 94 valence electrons. The van der Waals surface area contributed by atoms with Crippen LogP contribution in [0.1, 0.15) is 52.9 Å². The van der Waals surface area contributed by atoms with Crippen molar-refractivity contribution in [3.63, 3.8) is 0 Å².